The summed E-state index contributed by atoms with van der Waals surface area (Å²) in [6.07, 6.45) is 4.91. The van der Waals surface area contributed by atoms with E-state index in [1.807, 2.05) is 12.1 Å². The van der Waals surface area contributed by atoms with Crippen molar-refractivity contribution in [1.82, 2.24) is 4.90 Å². The van der Waals surface area contributed by atoms with E-state index in [2.05, 4.69) is 17.9 Å². The predicted molar refractivity (Wildman–Crippen MR) is 82.9 cm³/mol. The summed E-state index contributed by atoms with van der Waals surface area (Å²) in [7, 11) is 0. The summed E-state index contributed by atoms with van der Waals surface area (Å²) in [6.45, 7) is 4.15. The maximum Gasteiger partial charge on any atom is 0.0595 e. The van der Waals surface area contributed by atoms with Crippen LogP contribution in [-0.4, -0.2) is 24.0 Å². The third kappa shape index (κ3) is 3.63. The lowest BCUT2D eigenvalue weighted by molar-refractivity contribution is 0.0984. The minimum absolute atomic E-state index is 0.367. The average Bonchev–Trinajstić information content (AvgIpc) is 2.42. The second-order valence-corrected chi connectivity index (χ2v) is 6.13. The van der Waals surface area contributed by atoms with E-state index in [0.29, 0.717) is 22.1 Å². The second-order valence-electron chi connectivity index (χ2n) is 5.31. The number of nitrogens with two attached hydrogens (primary N) is 1. The van der Waals surface area contributed by atoms with E-state index in [1.54, 1.807) is 0 Å². The van der Waals surface area contributed by atoms with Crippen LogP contribution < -0.4 is 5.73 Å². The fraction of sp³-hybridized carbons (Fsp3) is 0.600. The Labute approximate surface area is 125 Å². The first-order valence-electron chi connectivity index (χ1n) is 7.04. The van der Waals surface area contributed by atoms with Crippen molar-refractivity contribution in [2.75, 3.05) is 13.1 Å². The molecule has 1 aliphatic heterocycles. The van der Waals surface area contributed by atoms with Crippen molar-refractivity contribution in [3.63, 3.8) is 0 Å². The molecule has 19 heavy (non-hydrogen) atoms. The fourth-order valence-corrected chi connectivity index (χ4v) is 3.31. The molecule has 2 N–H and O–H groups in total. The van der Waals surface area contributed by atoms with Crippen LogP contribution in [0.4, 0.5) is 0 Å². The maximum absolute atomic E-state index is 6.12. The van der Waals surface area contributed by atoms with Gasteiger partial charge in [0, 0.05) is 12.1 Å². The Morgan fingerprint density at radius 1 is 1.32 bits per heavy atom. The topological polar surface area (TPSA) is 29.3 Å². The van der Waals surface area contributed by atoms with Gasteiger partial charge in [0.2, 0.25) is 0 Å². The van der Waals surface area contributed by atoms with Gasteiger partial charge in [-0.1, -0.05) is 35.7 Å². The van der Waals surface area contributed by atoms with Crippen molar-refractivity contribution in [3.05, 3.63) is 33.8 Å². The summed E-state index contributed by atoms with van der Waals surface area (Å²) in [5.41, 5.74) is 6.97. The van der Waals surface area contributed by atoms with Gasteiger partial charge in [-0.2, -0.15) is 0 Å². The van der Waals surface area contributed by atoms with Crippen molar-refractivity contribution >= 4 is 23.2 Å². The molecule has 2 atom stereocenters. The number of hydrogen-bond acceptors (Lipinski definition) is 2. The standard InChI is InChI=1S/C15H22Cl2N2/c1-11(12-5-6-14(16)15(17)10-12)19-9-3-2-4-13(19)7-8-18/h5-6,10-11,13H,2-4,7-9,18H2,1H3. The molecule has 0 radical (unpaired) electrons. The Kier molecular flexibility index (Phi) is 5.52. The second kappa shape index (κ2) is 6.94. The van der Waals surface area contributed by atoms with Crippen LogP contribution in [0.25, 0.3) is 0 Å². The van der Waals surface area contributed by atoms with Crippen LogP contribution in [0.15, 0.2) is 18.2 Å². The van der Waals surface area contributed by atoms with E-state index >= 15 is 0 Å². The molecule has 1 saturated heterocycles. The molecule has 1 aromatic rings. The molecule has 2 nitrogen and oxygen atoms in total. The van der Waals surface area contributed by atoms with E-state index in [4.69, 9.17) is 28.9 Å². The average molecular weight is 301 g/mol. The number of nitrogens with zero attached hydrogens (tertiary/aromatic N) is 1. The minimum atomic E-state index is 0.367. The molecule has 0 spiro atoms. The molecule has 0 aromatic heterocycles. The van der Waals surface area contributed by atoms with Gasteiger partial charge in [0.1, 0.15) is 0 Å². The van der Waals surface area contributed by atoms with Gasteiger partial charge in [-0.25, -0.2) is 0 Å². The molecule has 0 amide bonds. The molecule has 2 rings (SSSR count). The molecule has 2 unspecified atom stereocenters. The zero-order valence-electron chi connectivity index (χ0n) is 11.4. The van der Waals surface area contributed by atoms with E-state index in [1.165, 1.54) is 24.8 Å². The summed E-state index contributed by atoms with van der Waals surface area (Å²) in [4.78, 5) is 2.57. The van der Waals surface area contributed by atoms with Crippen molar-refractivity contribution in [2.45, 2.75) is 44.7 Å². The Balaban J connectivity index is 2.15. The molecule has 1 aromatic carbocycles. The lowest BCUT2D eigenvalue weighted by atomic mass is 9.95. The monoisotopic (exact) mass is 300 g/mol. The van der Waals surface area contributed by atoms with Crippen LogP contribution >= 0.6 is 23.2 Å². The van der Waals surface area contributed by atoms with Crippen LogP contribution in [0.1, 0.15) is 44.2 Å². The molecule has 4 heteroatoms. The number of rotatable bonds is 4. The Morgan fingerprint density at radius 2 is 2.11 bits per heavy atom. The molecule has 1 fully saturated rings. The van der Waals surface area contributed by atoms with Gasteiger partial charge >= 0.3 is 0 Å². The zero-order valence-corrected chi connectivity index (χ0v) is 12.9. The summed E-state index contributed by atoms with van der Waals surface area (Å²) < 4.78 is 0. The highest BCUT2D eigenvalue weighted by Gasteiger charge is 2.26. The zero-order chi connectivity index (χ0) is 13.8. The number of likely N-dealkylation sites (tertiary alicyclic amines) is 1. The maximum atomic E-state index is 6.12. The first-order chi connectivity index (χ1) is 9.13. The van der Waals surface area contributed by atoms with E-state index in [-0.39, 0.29) is 0 Å². The molecular formula is C15H22Cl2N2. The van der Waals surface area contributed by atoms with E-state index in [9.17, 15) is 0 Å². The number of halogens is 2. The normalized spacial score (nSPS) is 22.4. The van der Waals surface area contributed by atoms with Gasteiger partial charge in [-0.05, 0) is 57.0 Å². The van der Waals surface area contributed by atoms with Gasteiger partial charge < -0.3 is 5.73 Å². The Morgan fingerprint density at radius 3 is 2.79 bits per heavy atom. The Bertz CT molecular complexity index is 421. The van der Waals surface area contributed by atoms with Crippen molar-refractivity contribution in [1.29, 1.82) is 0 Å². The third-order valence-corrected chi connectivity index (χ3v) is 4.84. The van der Waals surface area contributed by atoms with Crippen molar-refractivity contribution in [2.24, 2.45) is 5.73 Å². The number of hydrogen-bond donors (Lipinski definition) is 1. The molecule has 0 aliphatic carbocycles. The van der Waals surface area contributed by atoms with Gasteiger partial charge in [-0.15, -0.1) is 0 Å². The third-order valence-electron chi connectivity index (χ3n) is 4.10. The van der Waals surface area contributed by atoms with Crippen LogP contribution in [0.3, 0.4) is 0 Å². The van der Waals surface area contributed by atoms with Crippen LogP contribution in [0, 0.1) is 0 Å². The SMILES string of the molecule is CC(c1ccc(Cl)c(Cl)c1)N1CCCCC1CCN. The first-order valence-corrected chi connectivity index (χ1v) is 7.80. The van der Waals surface area contributed by atoms with Gasteiger partial charge in [0.25, 0.3) is 0 Å². The van der Waals surface area contributed by atoms with Gasteiger partial charge in [-0.3, -0.25) is 4.90 Å². The van der Waals surface area contributed by atoms with Crippen LogP contribution in [0.2, 0.25) is 10.0 Å². The van der Waals surface area contributed by atoms with Crippen molar-refractivity contribution < 1.29 is 0 Å². The summed E-state index contributed by atoms with van der Waals surface area (Å²) >= 11 is 12.1. The molecule has 106 valence electrons. The smallest absolute Gasteiger partial charge is 0.0595 e. The summed E-state index contributed by atoms with van der Waals surface area (Å²) in [5.74, 6) is 0. The molecule has 1 aliphatic rings. The summed E-state index contributed by atoms with van der Waals surface area (Å²) in [6, 6.07) is 6.92. The lowest BCUT2D eigenvalue weighted by Gasteiger charge is -2.40. The Hall–Kier alpha value is -0.280. The van der Waals surface area contributed by atoms with E-state index in [0.717, 1.165) is 19.5 Å². The van der Waals surface area contributed by atoms with Gasteiger partial charge in [0.15, 0.2) is 0 Å². The highest BCUT2D eigenvalue weighted by molar-refractivity contribution is 6.42. The predicted octanol–water partition coefficient (Wildman–Crippen LogP) is 4.26. The number of piperidine rings is 1. The van der Waals surface area contributed by atoms with Gasteiger partial charge in [0.05, 0.1) is 10.0 Å². The molecule has 0 saturated carbocycles. The highest BCUT2D eigenvalue weighted by atomic mass is 35.5. The lowest BCUT2D eigenvalue weighted by Crippen LogP contribution is -2.42. The first kappa shape index (κ1) is 15.1. The van der Waals surface area contributed by atoms with Crippen molar-refractivity contribution in [3.8, 4) is 0 Å². The van der Waals surface area contributed by atoms with E-state index < -0.39 is 0 Å². The highest BCUT2D eigenvalue weighted by Crippen LogP contribution is 2.32. The molecule has 1 heterocycles. The number of benzene rings is 1. The molecule has 0 bridgehead atoms. The fourth-order valence-electron chi connectivity index (χ4n) is 3.00. The largest absolute Gasteiger partial charge is 0.330 e. The van der Waals surface area contributed by atoms with Crippen LogP contribution in [-0.2, 0) is 0 Å². The summed E-state index contributed by atoms with van der Waals surface area (Å²) in [5, 5.41) is 1.26. The quantitative estimate of drug-likeness (QED) is 0.900. The molecular weight excluding hydrogens is 279 g/mol. The van der Waals surface area contributed by atoms with Crippen LogP contribution in [0.5, 0.6) is 0 Å². The minimum Gasteiger partial charge on any atom is -0.330 e.